The minimum atomic E-state index is -0.846. The smallest absolute Gasteiger partial charge is 0.412 e. The molecule has 1 N–H and O–H groups in total. The van der Waals surface area contributed by atoms with E-state index in [1.807, 2.05) is 30.3 Å². The van der Waals surface area contributed by atoms with Crippen LogP contribution in [-0.4, -0.2) is 59.4 Å². The van der Waals surface area contributed by atoms with E-state index in [1.54, 1.807) is 41.5 Å². The first-order valence-corrected chi connectivity index (χ1v) is 12.2. The highest BCUT2D eigenvalue weighted by molar-refractivity contribution is 5.92. The zero-order valence-corrected chi connectivity index (χ0v) is 22.7. The fraction of sp³-hybridized carbons (Fsp3) is 0.556. The van der Waals surface area contributed by atoms with Crippen molar-refractivity contribution in [1.29, 1.82) is 0 Å². The summed E-state index contributed by atoms with van der Waals surface area (Å²) in [5, 5.41) is 2.40. The minimum absolute atomic E-state index is 0.0351. The van der Waals surface area contributed by atoms with E-state index in [0.717, 1.165) is 5.56 Å². The molecule has 1 fully saturated rings. The Kier molecular flexibility index (Phi) is 10.1. The molecule has 0 bridgehead atoms. The average molecular weight is 519 g/mol. The number of benzene rings is 1. The van der Waals surface area contributed by atoms with E-state index in [9.17, 15) is 19.2 Å². The second kappa shape index (κ2) is 12.6. The van der Waals surface area contributed by atoms with Crippen molar-refractivity contribution in [3.8, 4) is 0 Å². The normalized spacial score (nSPS) is 18.1. The van der Waals surface area contributed by atoms with Crippen LogP contribution in [0.15, 0.2) is 42.1 Å². The molecule has 10 heteroatoms. The zero-order chi connectivity index (χ0) is 27.8. The first kappa shape index (κ1) is 29.7. The molecule has 204 valence electrons. The van der Waals surface area contributed by atoms with Crippen LogP contribution in [0.1, 0.15) is 66.4 Å². The molecule has 0 aromatic heterocycles. The summed E-state index contributed by atoms with van der Waals surface area (Å²) >= 11 is 0. The summed E-state index contributed by atoms with van der Waals surface area (Å²) in [5.74, 6) is -1.30. The van der Waals surface area contributed by atoms with Gasteiger partial charge in [0.1, 0.15) is 29.5 Å². The number of likely N-dealkylation sites (tertiary alicyclic amines) is 1. The van der Waals surface area contributed by atoms with Gasteiger partial charge in [0.2, 0.25) is 0 Å². The highest BCUT2D eigenvalue weighted by Crippen LogP contribution is 2.30. The predicted molar refractivity (Wildman–Crippen MR) is 135 cm³/mol. The standard InChI is InChI=1S/C27H38N2O8/c1-26(2,3)36-23(31)21-16-14-19(29(21)25(33)35-17-18-11-9-8-10-12-18)13-15-20(22(30)34-7)28-24(32)37-27(4,5)6/h8-12,15,19,21H,13-14,16-17H2,1-7H3,(H,28,32)/b20-15-/t19-,21-/m0/s1. The van der Waals surface area contributed by atoms with Crippen molar-refractivity contribution < 1.29 is 38.1 Å². The summed E-state index contributed by atoms with van der Waals surface area (Å²) in [7, 11) is 1.19. The molecule has 0 saturated carbocycles. The third-order valence-electron chi connectivity index (χ3n) is 5.23. The third kappa shape index (κ3) is 9.78. The molecule has 2 rings (SSSR count). The first-order valence-electron chi connectivity index (χ1n) is 12.2. The third-order valence-corrected chi connectivity index (χ3v) is 5.23. The molecule has 0 radical (unpaired) electrons. The van der Waals surface area contributed by atoms with Gasteiger partial charge in [-0.2, -0.15) is 0 Å². The lowest BCUT2D eigenvalue weighted by Gasteiger charge is -2.30. The number of esters is 2. The van der Waals surface area contributed by atoms with E-state index in [1.165, 1.54) is 18.1 Å². The Balaban J connectivity index is 2.24. The van der Waals surface area contributed by atoms with Gasteiger partial charge in [-0.25, -0.2) is 19.2 Å². The molecule has 1 aromatic rings. The Bertz CT molecular complexity index is 992. The Morgan fingerprint density at radius 3 is 2.16 bits per heavy atom. The molecule has 1 saturated heterocycles. The molecule has 0 spiro atoms. The van der Waals surface area contributed by atoms with E-state index in [0.29, 0.717) is 12.8 Å². The number of carbonyl (C=O) groups excluding carboxylic acids is 4. The van der Waals surface area contributed by atoms with Crippen LogP contribution < -0.4 is 5.32 Å². The Labute approximate surface area is 218 Å². The van der Waals surface area contributed by atoms with E-state index in [4.69, 9.17) is 18.9 Å². The van der Waals surface area contributed by atoms with E-state index in [2.05, 4.69) is 5.32 Å². The van der Waals surface area contributed by atoms with Crippen LogP contribution in [0.4, 0.5) is 9.59 Å². The van der Waals surface area contributed by atoms with Gasteiger partial charge in [-0.15, -0.1) is 0 Å². The number of amides is 2. The number of rotatable bonds is 7. The van der Waals surface area contributed by atoms with Gasteiger partial charge in [0.25, 0.3) is 0 Å². The molecule has 0 unspecified atom stereocenters. The fourth-order valence-corrected chi connectivity index (χ4v) is 3.75. The molecular formula is C27H38N2O8. The maximum Gasteiger partial charge on any atom is 0.412 e. The number of nitrogens with zero attached hydrogens (tertiary/aromatic N) is 1. The van der Waals surface area contributed by atoms with Crippen molar-refractivity contribution in [3.63, 3.8) is 0 Å². The van der Waals surface area contributed by atoms with E-state index in [-0.39, 0.29) is 18.7 Å². The van der Waals surface area contributed by atoms with E-state index < -0.39 is 47.4 Å². The number of nitrogens with one attached hydrogen (secondary N) is 1. The SMILES string of the molecule is COC(=O)/C(=C/C[C@H]1CC[C@@H](C(=O)OC(C)(C)C)N1C(=O)OCc1ccccc1)NC(=O)OC(C)(C)C. The summed E-state index contributed by atoms with van der Waals surface area (Å²) in [6, 6.07) is 7.85. The molecule has 1 heterocycles. The van der Waals surface area contributed by atoms with Gasteiger partial charge < -0.3 is 18.9 Å². The van der Waals surface area contributed by atoms with Crippen LogP contribution in [0.5, 0.6) is 0 Å². The van der Waals surface area contributed by atoms with Crippen molar-refractivity contribution in [1.82, 2.24) is 10.2 Å². The van der Waals surface area contributed by atoms with Gasteiger partial charge >= 0.3 is 24.1 Å². The highest BCUT2D eigenvalue weighted by atomic mass is 16.6. The summed E-state index contributed by atoms with van der Waals surface area (Å²) < 4.78 is 21.1. The number of ether oxygens (including phenoxy) is 4. The number of alkyl carbamates (subject to hydrolysis) is 1. The fourth-order valence-electron chi connectivity index (χ4n) is 3.75. The van der Waals surface area contributed by atoms with Crippen LogP contribution >= 0.6 is 0 Å². The second-order valence-corrected chi connectivity index (χ2v) is 10.7. The maximum absolute atomic E-state index is 13.2. The number of hydrogen-bond acceptors (Lipinski definition) is 8. The van der Waals surface area contributed by atoms with Crippen molar-refractivity contribution in [2.45, 2.75) is 90.7 Å². The molecule has 37 heavy (non-hydrogen) atoms. The largest absolute Gasteiger partial charge is 0.464 e. The minimum Gasteiger partial charge on any atom is -0.464 e. The number of carbonyl (C=O) groups is 4. The van der Waals surface area contributed by atoms with Gasteiger partial charge in [0.05, 0.1) is 7.11 Å². The molecule has 0 aliphatic carbocycles. The van der Waals surface area contributed by atoms with Gasteiger partial charge in [-0.1, -0.05) is 36.4 Å². The van der Waals surface area contributed by atoms with Crippen LogP contribution in [0, 0.1) is 0 Å². The maximum atomic E-state index is 13.2. The lowest BCUT2D eigenvalue weighted by atomic mass is 10.1. The quantitative estimate of drug-likeness (QED) is 0.319. The average Bonchev–Trinajstić information content (AvgIpc) is 3.22. The zero-order valence-electron chi connectivity index (χ0n) is 22.7. The summed E-state index contributed by atoms with van der Waals surface area (Å²) in [6.45, 7) is 10.4. The van der Waals surface area contributed by atoms with Crippen LogP contribution in [0.3, 0.4) is 0 Å². The van der Waals surface area contributed by atoms with Crippen LogP contribution in [-0.2, 0) is 35.1 Å². The molecular weight excluding hydrogens is 480 g/mol. The van der Waals surface area contributed by atoms with Gasteiger partial charge in [-0.05, 0) is 66.4 Å². The lowest BCUT2D eigenvalue weighted by Crippen LogP contribution is -2.47. The van der Waals surface area contributed by atoms with Crippen molar-refractivity contribution in [2.75, 3.05) is 7.11 Å². The molecule has 10 nitrogen and oxygen atoms in total. The van der Waals surface area contributed by atoms with Crippen molar-refractivity contribution in [2.24, 2.45) is 0 Å². The summed E-state index contributed by atoms with van der Waals surface area (Å²) in [6.07, 6.45) is 0.939. The molecule has 1 aromatic carbocycles. The van der Waals surface area contributed by atoms with Crippen molar-refractivity contribution >= 4 is 24.1 Å². The molecule has 2 amide bonds. The van der Waals surface area contributed by atoms with Gasteiger partial charge in [0.15, 0.2) is 0 Å². The van der Waals surface area contributed by atoms with Gasteiger partial charge in [-0.3, -0.25) is 10.2 Å². The summed E-state index contributed by atoms with van der Waals surface area (Å²) in [5.41, 5.74) is -0.828. The van der Waals surface area contributed by atoms with Gasteiger partial charge in [0, 0.05) is 6.04 Å². The highest BCUT2D eigenvalue weighted by Gasteiger charge is 2.43. The molecule has 1 aliphatic heterocycles. The molecule has 2 atom stereocenters. The topological polar surface area (TPSA) is 120 Å². The van der Waals surface area contributed by atoms with Crippen LogP contribution in [0.25, 0.3) is 0 Å². The second-order valence-electron chi connectivity index (χ2n) is 10.7. The first-order chi connectivity index (χ1) is 17.2. The monoisotopic (exact) mass is 518 g/mol. The van der Waals surface area contributed by atoms with Crippen LogP contribution in [0.2, 0.25) is 0 Å². The van der Waals surface area contributed by atoms with Crippen molar-refractivity contribution in [3.05, 3.63) is 47.7 Å². The molecule has 1 aliphatic rings. The van der Waals surface area contributed by atoms with E-state index >= 15 is 0 Å². The lowest BCUT2D eigenvalue weighted by molar-refractivity contribution is -0.160. The Morgan fingerprint density at radius 1 is 0.973 bits per heavy atom. The number of methoxy groups -OCH3 is 1. The Morgan fingerprint density at radius 2 is 1.59 bits per heavy atom. The number of hydrogen-bond donors (Lipinski definition) is 1. The predicted octanol–water partition coefficient (Wildman–Crippen LogP) is 4.47. The Hall–Kier alpha value is -3.56. The summed E-state index contributed by atoms with van der Waals surface area (Å²) in [4.78, 5) is 52.0.